The summed E-state index contributed by atoms with van der Waals surface area (Å²) in [6.45, 7) is 8.57. The molecule has 0 amide bonds. The first kappa shape index (κ1) is 20.6. The average molecular weight is 439 g/mol. The van der Waals surface area contributed by atoms with Crippen molar-refractivity contribution < 1.29 is 0 Å². The van der Waals surface area contributed by atoms with Crippen LogP contribution in [0, 0.1) is 27.7 Å². The maximum absolute atomic E-state index is 4.98. The maximum atomic E-state index is 4.98. The first-order chi connectivity index (χ1) is 16.5. The predicted octanol–water partition coefficient (Wildman–Crippen LogP) is 8.50. The topological polar surface area (TPSA) is 25.8 Å². The molecule has 0 N–H and O–H groups in total. The second-order valence-electron chi connectivity index (χ2n) is 9.29. The number of aromatic nitrogens is 2. The van der Waals surface area contributed by atoms with Crippen LogP contribution in [0.25, 0.3) is 54.8 Å². The van der Waals surface area contributed by atoms with Crippen LogP contribution in [0.15, 0.2) is 84.9 Å². The average Bonchev–Trinajstić information content (AvgIpc) is 2.83. The highest BCUT2D eigenvalue weighted by molar-refractivity contribution is 6.27. The molecule has 2 nitrogen and oxygen atoms in total. The van der Waals surface area contributed by atoms with E-state index in [1.54, 1.807) is 0 Å². The van der Waals surface area contributed by atoms with E-state index in [2.05, 4.69) is 99.6 Å². The Morgan fingerprint density at radius 1 is 0.529 bits per heavy atom. The third-order valence-corrected chi connectivity index (χ3v) is 6.80. The van der Waals surface area contributed by atoms with E-state index in [-0.39, 0.29) is 0 Å². The molecule has 0 spiro atoms. The third kappa shape index (κ3) is 3.18. The summed E-state index contributed by atoms with van der Waals surface area (Å²) < 4.78 is 0. The summed E-state index contributed by atoms with van der Waals surface area (Å²) in [4.78, 5) is 9.89. The number of aryl methyl sites for hydroxylation is 4. The fourth-order valence-electron chi connectivity index (χ4n) is 5.53. The van der Waals surface area contributed by atoms with Crippen LogP contribution in [0.5, 0.6) is 0 Å². The smallest absolute Gasteiger partial charge is 0.126 e. The highest BCUT2D eigenvalue weighted by Gasteiger charge is 2.17. The molecule has 5 aromatic carbocycles. The summed E-state index contributed by atoms with van der Waals surface area (Å²) in [5.41, 5.74) is 9.63. The summed E-state index contributed by atoms with van der Waals surface area (Å²) in [6, 6.07) is 30.5. The first-order valence-electron chi connectivity index (χ1n) is 11.8. The zero-order valence-electron chi connectivity index (χ0n) is 20.0. The highest BCUT2D eigenvalue weighted by atomic mass is 14.9. The van der Waals surface area contributed by atoms with Crippen LogP contribution < -0.4 is 0 Å². The van der Waals surface area contributed by atoms with Gasteiger partial charge in [0.25, 0.3) is 0 Å². The van der Waals surface area contributed by atoms with Crippen molar-refractivity contribution in [2.24, 2.45) is 0 Å². The van der Waals surface area contributed by atoms with Gasteiger partial charge in [-0.15, -0.1) is 0 Å². The van der Waals surface area contributed by atoms with Crippen molar-refractivity contribution in [1.82, 2.24) is 9.97 Å². The van der Waals surface area contributed by atoms with Gasteiger partial charge in [-0.1, -0.05) is 84.4 Å². The van der Waals surface area contributed by atoms with Gasteiger partial charge in [0.1, 0.15) is 5.82 Å². The van der Waals surface area contributed by atoms with Crippen molar-refractivity contribution in [2.75, 3.05) is 0 Å². The first-order valence-corrected chi connectivity index (χ1v) is 11.8. The summed E-state index contributed by atoms with van der Waals surface area (Å²) in [6.07, 6.45) is 0. The molecular formula is C32H26N2. The maximum Gasteiger partial charge on any atom is 0.126 e. The zero-order chi connectivity index (χ0) is 23.4. The molecule has 0 aliphatic heterocycles. The van der Waals surface area contributed by atoms with Crippen molar-refractivity contribution in [1.29, 1.82) is 0 Å². The normalized spacial score (nSPS) is 11.5. The molecule has 0 fully saturated rings. The zero-order valence-corrected chi connectivity index (χ0v) is 20.0. The molecule has 0 atom stereocenters. The highest BCUT2D eigenvalue weighted by Crippen LogP contribution is 2.40. The van der Waals surface area contributed by atoms with Crippen LogP contribution in [0.1, 0.15) is 22.5 Å². The predicted molar refractivity (Wildman–Crippen MR) is 144 cm³/mol. The van der Waals surface area contributed by atoms with Crippen LogP contribution in [0.4, 0.5) is 0 Å². The quantitative estimate of drug-likeness (QED) is 0.253. The van der Waals surface area contributed by atoms with Crippen molar-refractivity contribution in [3.63, 3.8) is 0 Å². The molecule has 164 valence electrons. The van der Waals surface area contributed by atoms with Gasteiger partial charge in [0.15, 0.2) is 0 Å². The number of rotatable bonds is 2. The molecule has 0 aliphatic carbocycles. The van der Waals surface area contributed by atoms with Crippen molar-refractivity contribution in [3.05, 3.63) is 107 Å². The Balaban J connectivity index is 1.76. The van der Waals surface area contributed by atoms with Crippen molar-refractivity contribution >= 4 is 32.4 Å². The molecule has 1 aromatic heterocycles. The van der Waals surface area contributed by atoms with E-state index in [0.717, 1.165) is 28.0 Å². The Bertz CT molecular complexity index is 1710. The number of hydrogen-bond acceptors (Lipinski definition) is 2. The minimum Gasteiger partial charge on any atom is -0.233 e. The fourth-order valence-corrected chi connectivity index (χ4v) is 5.53. The van der Waals surface area contributed by atoms with Gasteiger partial charge in [-0.2, -0.15) is 0 Å². The summed E-state index contributed by atoms with van der Waals surface area (Å²) in [5, 5.41) is 5.95. The number of benzene rings is 5. The van der Waals surface area contributed by atoms with E-state index in [9.17, 15) is 0 Å². The Hall–Kier alpha value is -4.04. The van der Waals surface area contributed by atoms with E-state index >= 15 is 0 Å². The molecule has 6 rings (SSSR count). The van der Waals surface area contributed by atoms with Crippen LogP contribution in [-0.4, -0.2) is 9.97 Å². The lowest BCUT2D eigenvalue weighted by molar-refractivity contribution is 1.10. The molecule has 0 saturated carbocycles. The molecule has 6 aromatic rings. The number of nitrogens with zero attached hydrogens (tertiary/aromatic N) is 2. The van der Waals surface area contributed by atoms with Crippen molar-refractivity contribution in [3.8, 4) is 22.4 Å². The molecule has 0 aliphatic rings. The largest absolute Gasteiger partial charge is 0.233 e. The van der Waals surface area contributed by atoms with Gasteiger partial charge in [-0.25, -0.2) is 9.97 Å². The van der Waals surface area contributed by atoms with Gasteiger partial charge < -0.3 is 0 Å². The van der Waals surface area contributed by atoms with Gasteiger partial charge in [0.05, 0.1) is 11.2 Å². The third-order valence-electron chi connectivity index (χ3n) is 6.80. The van der Waals surface area contributed by atoms with Gasteiger partial charge in [0.2, 0.25) is 0 Å². The molecule has 0 radical (unpaired) electrons. The van der Waals surface area contributed by atoms with Crippen LogP contribution in [0.3, 0.4) is 0 Å². The van der Waals surface area contributed by atoms with E-state index in [1.165, 1.54) is 49.4 Å². The summed E-state index contributed by atoms with van der Waals surface area (Å²) >= 11 is 0. The van der Waals surface area contributed by atoms with E-state index < -0.39 is 0 Å². The van der Waals surface area contributed by atoms with E-state index in [1.807, 2.05) is 13.0 Å². The second-order valence-corrected chi connectivity index (χ2v) is 9.29. The minimum atomic E-state index is 0.789. The molecule has 0 bridgehead atoms. The molecular weight excluding hydrogens is 412 g/mol. The second kappa shape index (κ2) is 7.78. The van der Waals surface area contributed by atoms with Crippen LogP contribution >= 0.6 is 0 Å². The Morgan fingerprint density at radius 3 is 1.94 bits per heavy atom. The Morgan fingerprint density at radius 2 is 1.21 bits per heavy atom. The lowest BCUT2D eigenvalue weighted by atomic mass is 9.89. The molecule has 1 heterocycles. The van der Waals surface area contributed by atoms with Gasteiger partial charge in [-0.05, 0) is 72.2 Å². The monoisotopic (exact) mass is 438 g/mol. The Kier molecular flexibility index (Phi) is 4.70. The molecule has 0 unspecified atom stereocenters. The number of hydrogen-bond donors (Lipinski definition) is 0. The molecule has 2 heteroatoms. The van der Waals surface area contributed by atoms with Gasteiger partial charge >= 0.3 is 0 Å². The summed E-state index contributed by atoms with van der Waals surface area (Å²) in [5.74, 6) is 0.789. The molecule has 0 saturated heterocycles. The minimum absolute atomic E-state index is 0.789. The Labute approximate surface area is 199 Å². The van der Waals surface area contributed by atoms with Crippen molar-refractivity contribution in [2.45, 2.75) is 27.7 Å². The van der Waals surface area contributed by atoms with E-state index in [0.29, 0.717) is 0 Å². The van der Waals surface area contributed by atoms with Crippen LogP contribution in [-0.2, 0) is 0 Å². The lowest BCUT2D eigenvalue weighted by Gasteiger charge is -2.16. The lowest BCUT2D eigenvalue weighted by Crippen LogP contribution is -1.97. The number of fused-ring (bicyclic) bond motifs is 6. The van der Waals surface area contributed by atoms with Gasteiger partial charge in [-0.3, -0.25) is 0 Å². The standard InChI is InChI=1S/C32H26N2/c1-19-16-20(2)29(21(3)17-19)24-14-15-27-28(18-24)25-12-8-9-13-26(25)30-31(23-10-6-5-7-11-23)33-22(4)34-32(27)30/h5-18H,1-4H3. The molecule has 34 heavy (non-hydrogen) atoms. The fraction of sp³-hybridized carbons (Fsp3) is 0.125. The van der Waals surface area contributed by atoms with Crippen LogP contribution in [0.2, 0.25) is 0 Å². The van der Waals surface area contributed by atoms with Gasteiger partial charge in [0, 0.05) is 16.3 Å². The van der Waals surface area contributed by atoms with E-state index in [4.69, 9.17) is 9.97 Å². The summed E-state index contributed by atoms with van der Waals surface area (Å²) in [7, 11) is 0. The SMILES string of the molecule is Cc1cc(C)c(-c2ccc3c(c2)c2ccccc2c2c(-c4ccccc4)nc(C)nc32)c(C)c1.